The Morgan fingerprint density at radius 2 is 2.10 bits per heavy atom. The molecule has 1 aromatic heterocycles. The first-order valence-electron chi connectivity index (χ1n) is 7.37. The van der Waals surface area contributed by atoms with Gasteiger partial charge in [-0.05, 0) is 31.7 Å². The minimum Gasteiger partial charge on any atom is -0.388 e. The van der Waals surface area contributed by atoms with Crippen LogP contribution < -0.4 is 0 Å². The summed E-state index contributed by atoms with van der Waals surface area (Å²) in [4.78, 5) is 4.41. The van der Waals surface area contributed by atoms with Crippen LogP contribution >= 0.6 is 0 Å². The van der Waals surface area contributed by atoms with Crippen molar-refractivity contribution in [2.45, 2.75) is 44.3 Å². The Hall–Kier alpha value is -1.72. The highest BCUT2D eigenvalue weighted by Crippen LogP contribution is 2.33. The molecule has 1 N–H and O–H groups in total. The molecule has 5 nitrogen and oxygen atoms in total. The zero-order valence-corrected chi connectivity index (χ0v) is 12.2. The third-order valence-electron chi connectivity index (χ3n) is 3.96. The van der Waals surface area contributed by atoms with Crippen molar-refractivity contribution in [2.24, 2.45) is 0 Å². The summed E-state index contributed by atoms with van der Waals surface area (Å²) in [6, 6.07) is 9.48. The number of aliphatic hydroxyl groups is 1. The quantitative estimate of drug-likeness (QED) is 0.937. The third kappa shape index (κ3) is 3.14. The van der Waals surface area contributed by atoms with Crippen LogP contribution in [-0.2, 0) is 16.8 Å². The van der Waals surface area contributed by atoms with Gasteiger partial charge in [0.15, 0.2) is 0 Å². The van der Waals surface area contributed by atoms with Gasteiger partial charge >= 0.3 is 0 Å². The molecule has 3 rings (SSSR count). The highest BCUT2D eigenvalue weighted by molar-refractivity contribution is 5.18. The molecule has 1 aliphatic heterocycles. The summed E-state index contributed by atoms with van der Waals surface area (Å²) in [6.07, 6.45) is 2.75. The van der Waals surface area contributed by atoms with E-state index in [9.17, 15) is 5.11 Å². The molecule has 0 saturated carbocycles. The molecule has 0 amide bonds. The van der Waals surface area contributed by atoms with Gasteiger partial charge in [-0.3, -0.25) is 0 Å². The molecule has 2 heterocycles. The van der Waals surface area contributed by atoms with Crippen LogP contribution in [0.25, 0.3) is 0 Å². The van der Waals surface area contributed by atoms with Crippen LogP contribution in [0.1, 0.15) is 49.6 Å². The van der Waals surface area contributed by atoms with Crippen LogP contribution in [0, 0.1) is 0 Å². The van der Waals surface area contributed by atoms with E-state index in [-0.39, 0.29) is 0 Å². The fourth-order valence-electron chi connectivity index (χ4n) is 2.62. The molecule has 112 valence electrons. The Balaban J connectivity index is 1.70. The van der Waals surface area contributed by atoms with E-state index >= 15 is 0 Å². The van der Waals surface area contributed by atoms with Crippen LogP contribution in [0.4, 0.5) is 0 Å². The second kappa shape index (κ2) is 5.95. The molecule has 2 unspecified atom stereocenters. The van der Waals surface area contributed by atoms with Gasteiger partial charge in [0.2, 0.25) is 11.7 Å². The molecule has 0 aliphatic carbocycles. The van der Waals surface area contributed by atoms with Crippen molar-refractivity contribution in [3.8, 4) is 0 Å². The number of ether oxygens (including phenoxy) is 1. The van der Waals surface area contributed by atoms with Crippen molar-refractivity contribution in [1.82, 2.24) is 10.1 Å². The van der Waals surface area contributed by atoms with E-state index in [0.717, 1.165) is 31.4 Å². The average Bonchev–Trinajstić information content (AvgIpc) is 2.98. The van der Waals surface area contributed by atoms with Crippen LogP contribution in [-0.4, -0.2) is 21.9 Å². The largest absolute Gasteiger partial charge is 0.388 e. The van der Waals surface area contributed by atoms with E-state index in [1.54, 1.807) is 0 Å². The lowest BCUT2D eigenvalue weighted by molar-refractivity contribution is -0.0770. The number of rotatable bonds is 4. The maximum atomic E-state index is 10.2. The highest BCUT2D eigenvalue weighted by atomic mass is 16.5. The van der Waals surface area contributed by atoms with Crippen LogP contribution in [0.5, 0.6) is 0 Å². The van der Waals surface area contributed by atoms with Crippen molar-refractivity contribution in [3.63, 3.8) is 0 Å². The Morgan fingerprint density at radius 3 is 2.81 bits per heavy atom. The number of aromatic nitrogens is 2. The fraction of sp³-hybridized carbons (Fsp3) is 0.500. The van der Waals surface area contributed by atoms with Crippen molar-refractivity contribution < 1.29 is 14.4 Å². The lowest BCUT2D eigenvalue weighted by Gasteiger charge is -2.30. The van der Waals surface area contributed by atoms with E-state index in [2.05, 4.69) is 10.1 Å². The minimum atomic E-state index is -0.639. The first kappa shape index (κ1) is 14.2. The summed E-state index contributed by atoms with van der Waals surface area (Å²) in [5.74, 6) is 1.02. The molecule has 0 bridgehead atoms. The molecule has 2 aromatic rings. The normalized spacial score (nSPS) is 23.9. The minimum absolute atomic E-state index is 0.313. The highest BCUT2D eigenvalue weighted by Gasteiger charge is 2.35. The summed E-state index contributed by atoms with van der Waals surface area (Å²) in [6.45, 7) is 2.72. The molecule has 1 aromatic carbocycles. The molecule has 21 heavy (non-hydrogen) atoms. The maximum absolute atomic E-state index is 10.2. The van der Waals surface area contributed by atoms with E-state index < -0.39 is 11.7 Å². The number of aliphatic hydroxyl groups excluding tert-OH is 1. The van der Waals surface area contributed by atoms with E-state index in [0.29, 0.717) is 18.1 Å². The summed E-state index contributed by atoms with van der Waals surface area (Å²) >= 11 is 0. The van der Waals surface area contributed by atoms with Gasteiger partial charge in [0.1, 0.15) is 5.60 Å². The molecular weight excluding hydrogens is 268 g/mol. The predicted molar refractivity (Wildman–Crippen MR) is 76.6 cm³/mol. The second-order valence-corrected chi connectivity index (χ2v) is 5.68. The molecule has 2 atom stereocenters. The van der Waals surface area contributed by atoms with E-state index in [1.807, 2.05) is 37.3 Å². The van der Waals surface area contributed by atoms with Crippen LogP contribution in [0.3, 0.4) is 0 Å². The summed E-state index contributed by atoms with van der Waals surface area (Å²) in [5, 5.41) is 14.2. The van der Waals surface area contributed by atoms with Gasteiger partial charge in [-0.15, -0.1) is 0 Å². The van der Waals surface area contributed by atoms with Crippen molar-refractivity contribution in [3.05, 3.63) is 47.6 Å². The van der Waals surface area contributed by atoms with Crippen molar-refractivity contribution >= 4 is 0 Å². The predicted octanol–water partition coefficient (Wildman–Crippen LogP) is 2.76. The van der Waals surface area contributed by atoms with Gasteiger partial charge in [0.25, 0.3) is 0 Å². The van der Waals surface area contributed by atoms with E-state index in [4.69, 9.17) is 9.26 Å². The number of benzene rings is 1. The molecule has 0 spiro atoms. The zero-order valence-electron chi connectivity index (χ0n) is 12.2. The van der Waals surface area contributed by atoms with Crippen LogP contribution in [0.15, 0.2) is 34.9 Å². The second-order valence-electron chi connectivity index (χ2n) is 5.68. The first-order chi connectivity index (χ1) is 10.2. The lowest BCUT2D eigenvalue weighted by Crippen LogP contribution is -2.31. The smallest absolute Gasteiger partial charge is 0.229 e. The van der Waals surface area contributed by atoms with Gasteiger partial charge in [0.05, 0.1) is 12.5 Å². The van der Waals surface area contributed by atoms with Gasteiger partial charge in [-0.1, -0.05) is 35.5 Å². The maximum Gasteiger partial charge on any atom is 0.229 e. The van der Waals surface area contributed by atoms with Gasteiger partial charge in [0, 0.05) is 6.61 Å². The topological polar surface area (TPSA) is 68.4 Å². The third-order valence-corrected chi connectivity index (χ3v) is 3.96. The van der Waals surface area contributed by atoms with Crippen LogP contribution in [0.2, 0.25) is 0 Å². The summed E-state index contributed by atoms with van der Waals surface area (Å²) < 4.78 is 11.1. The lowest BCUT2D eigenvalue weighted by atomic mass is 9.95. The van der Waals surface area contributed by atoms with Gasteiger partial charge < -0.3 is 14.4 Å². The molecule has 1 saturated heterocycles. The Morgan fingerprint density at radius 1 is 1.29 bits per heavy atom. The summed E-state index contributed by atoms with van der Waals surface area (Å²) in [5.41, 5.74) is 0.384. The monoisotopic (exact) mass is 288 g/mol. The van der Waals surface area contributed by atoms with Gasteiger partial charge in [-0.2, -0.15) is 4.98 Å². The average molecular weight is 288 g/mol. The fourth-order valence-corrected chi connectivity index (χ4v) is 2.62. The number of nitrogens with zero attached hydrogens (tertiary/aromatic N) is 2. The molecule has 0 radical (unpaired) electrons. The number of hydrogen-bond acceptors (Lipinski definition) is 5. The summed E-state index contributed by atoms with van der Waals surface area (Å²) in [7, 11) is 0. The molecule has 1 aliphatic rings. The Kier molecular flexibility index (Phi) is 4.03. The Bertz CT molecular complexity index is 576. The molecular formula is C16H20N2O3. The SMILES string of the molecule is CC1(c2noc(CC(O)c3ccccc3)n2)CCCCO1. The Labute approximate surface area is 123 Å². The van der Waals surface area contributed by atoms with Crippen molar-refractivity contribution in [1.29, 1.82) is 0 Å². The number of hydrogen-bond donors (Lipinski definition) is 1. The standard InChI is InChI=1S/C16H20N2O3/c1-16(9-5-6-10-20-16)15-17-14(21-18-15)11-13(19)12-7-3-2-4-8-12/h2-4,7-8,13,19H,5-6,9-11H2,1H3. The zero-order chi connectivity index (χ0) is 14.7. The van der Waals surface area contributed by atoms with E-state index in [1.165, 1.54) is 0 Å². The van der Waals surface area contributed by atoms with Crippen molar-refractivity contribution in [2.75, 3.05) is 6.61 Å². The molecule has 5 heteroatoms. The first-order valence-corrected chi connectivity index (χ1v) is 7.37. The molecule has 1 fully saturated rings. The van der Waals surface area contributed by atoms with Gasteiger partial charge in [-0.25, -0.2) is 0 Å².